The van der Waals surface area contributed by atoms with Gasteiger partial charge in [-0.15, -0.1) is 0 Å². The summed E-state index contributed by atoms with van der Waals surface area (Å²) in [6.45, 7) is 3.79. The summed E-state index contributed by atoms with van der Waals surface area (Å²) in [5, 5.41) is 0. The van der Waals surface area contributed by atoms with Crippen LogP contribution < -0.4 is 5.73 Å². The Morgan fingerprint density at radius 1 is 1.25 bits per heavy atom. The molecule has 2 aliphatic rings. The van der Waals surface area contributed by atoms with E-state index >= 15 is 0 Å². The van der Waals surface area contributed by atoms with Gasteiger partial charge in [-0.2, -0.15) is 0 Å². The number of rotatable bonds is 3. The lowest BCUT2D eigenvalue weighted by atomic mass is 9.86. The first kappa shape index (κ1) is 14.0. The smallest absolute Gasteiger partial charge is 0.131 e. The number of nitrogens with zero attached hydrogens (tertiary/aromatic N) is 2. The van der Waals surface area contributed by atoms with Crippen LogP contribution in [0.4, 0.5) is 0 Å². The molecule has 0 bridgehead atoms. The third-order valence-electron chi connectivity index (χ3n) is 4.65. The van der Waals surface area contributed by atoms with Gasteiger partial charge in [0.25, 0.3) is 0 Å². The van der Waals surface area contributed by atoms with Gasteiger partial charge in [0.1, 0.15) is 5.82 Å². The molecule has 0 amide bonds. The Balaban J connectivity index is 1.75. The Hall–Kier alpha value is -1.00. The second-order valence-corrected chi connectivity index (χ2v) is 6.19. The summed E-state index contributed by atoms with van der Waals surface area (Å²) < 4.78 is 5.80. The average Bonchev–Trinajstić information content (AvgIpc) is 2.48. The molecule has 2 atom stereocenters. The molecule has 3 rings (SSSR count). The summed E-state index contributed by atoms with van der Waals surface area (Å²) >= 11 is 0. The zero-order valence-electron chi connectivity index (χ0n) is 12.4. The highest BCUT2D eigenvalue weighted by Crippen LogP contribution is 2.26. The van der Waals surface area contributed by atoms with Crippen LogP contribution >= 0.6 is 0 Å². The van der Waals surface area contributed by atoms with E-state index in [-0.39, 0.29) is 0 Å². The molecule has 4 heteroatoms. The van der Waals surface area contributed by atoms with E-state index in [4.69, 9.17) is 20.4 Å². The van der Waals surface area contributed by atoms with Crippen LogP contribution in [-0.4, -0.2) is 29.2 Å². The summed E-state index contributed by atoms with van der Waals surface area (Å²) in [4.78, 5) is 9.52. The molecule has 1 saturated heterocycles. The molecule has 20 heavy (non-hydrogen) atoms. The minimum atomic E-state index is 0.321. The molecule has 2 heterocycles. The van der Waals surface area contributed by atoms with Gasteiger partial charge in [0.2, 0.25) is 0 Å². The third kappa shape index (κ3) is 3.01. The molecule has 110 valence electrons. The Morgan fingerprint density at radius 3 is 2.90 bits per heavy atom. The van der Waals surface area contributed by atoms with Crippen molar-refractivity contribution in [3.63, 3.8) is 0 Å². The third-order valence-corrected chi connectivity index (χ3v) is 4.65. The highest BCUT2D eigenvalue weighted by atomic mass is 16.5. The fourth-order valence-corrected chi connectivity index (χ4v) is 3.39. The number of hydrogen-bond acceptors (Lipinski definition) is 4. The Labute approximate surface area is 121 Å². The minimum absolute atomic E-state index is 0.321. The fraction of sp³-hybridized carbons (Fsp3) is 0.750. The van der Waals surface area contributed by atoms with Crippen molar-refractivity contribution in [3.8, 4) is 0 Å². The van der Waals surface area contributed by atoms with E-state index in [0.29, 0.717) is 12.0 Å². The van der Waals surface area contributed by atoms with Crippen LogP contribution in [0.25, 0.3) is 0 Å². The van der Waals surface area contributed by atoms with E-state index in [1.807, 2.05) is 0 Å². The molecule has 4 nitrogen and oxygen atoms in total. The second kappa shape index (κ2) is 6.19. The largest absolute Gasteiger partial charge is 0.378 e. The highest BCUT2D eigenvalue weighted by Gasteiger charge is 2.23. The summed E-state index contributed by atoms with van der Waals surface area (Å²) in [7, 11) is 0. The maximum Gasteiger partial charge on any atom is 0.131 e. The molecule has 0 saturated carbocycles. The molecule has 0 spiro atoms. The molecule has 1 aliphatic carbocycles. The van der Waals surface area contributed by atoms with Gasteiger partial charge in [-0.1, -0.05) is 0 Å². The topological polar surface area (TPSA) is 61.0 Å². The lowest BCUT2D eigenvalue weighted by molar-refractivity contribution is 0.0156. The van der Waals surface area contributed by atoms with Gasteiger partial charge in [-0.05, 0) is 63.5 Å². The molecule has 1 aromatic rings. The SMILES string of the molecule is Cc1nc(CC2CCCCO2)nc2c1CC(CN)CC2. The zero-order chi connectivity index (χ0) is 13.9. The maximum atomic E-state index is 5.81. The predicted octanol–water partition coefficient (Wildman–Crippen LogP) is 1.96. The predicted molar refractivity (Wildman–Crippen MR) is 78.6 cm³/mol. The summed E-state index contributed by atoms with van der Waals surface area (Å²) in [6.07, 6.45) is 8.08. The Kier molecular flexibility index (Phi) is 4.32. The van der Waals surface area contributed by atoms with Crippen LogP contribution in [0.1, 0.15) is 48.5 Å². The first-order valence-electron chi connectivity index (χ1n) is 7.93. The van der Waals surface area contributed by atoms with Gasteiger partial charge in [-0.3, -0.25) is 0 Å². The van der Waals surface area contributed by atoms with E-state index < -0.39 is 0 Å². The number of hydrogen-bond donors (Lipinski definition) is 1. The van der Waals surface area contributed by atoms with Crippen LogP contribution in [0, 0.1) is 12.8 Å². The van der Waals surface area contributed by atoms with Gasteiger partial charge in [0.05, 0.1) is 6.10 Å². The lowest BCUT2D eigenvalue weighted by Crippen LogP contribution is -2.26. The van der Waals surface area contributed by atoms with Crippen molar-refractivity contribution in [2.45, 2.75) is 58.0 Å². The van der Waals surface area contributed by atoms with Crippen molar-refractivity contribution < 1.29 is 4.74 Å². The van der Waals surface area contributed by atoms with Gasteiger partial charge in [0, 0.05) is 24.4 Å². The van der Waals surface area contributed by atoms with Gasteiger partial charge < -0.3 is 10.5 Å². The first-order chi connectivity index (χ1) is 9.76. The van der Waals surface area contributed by atoms with Crippen molar-refractivity contribution in [1.82, 2.24) is 9.97 Å². The monoisotopic (exact) mass is 275 g/mol. The van der Waals surface area contributed by atoms with Crippen molar-refractivity contribution >= 4 is 0 Å². The quantitative estimate of drug-likeness (QED) is 0.916. The number of aromatic nitrogens is 2. The first-order valence-corrected chi connectivity index (χ1v) is 7.93. The maximum absolute atomic E-state index is 5.81. The Bertz CT molecular complexity index is 469. The molecule has 0 aromatic carbocycles. The molecule has 1 aromatic heterocycles. The number of aryl methyl sites for hydroxylation is 2. The molecule has 0 radical (unpaired) electrons. The van der Waals surface area contributed by atoms with Crippen LogP contribution in [0.15, 0.2) is 0 Å². The van der Waals surface area contributed by atoms with Crippen LogP contribution in [-0.2, 0) is 24.0 Å². The van der Waals surface area contributed by atoms with Gasteiger partial charge in [-0.25, -0.2) is 9.97 Å². The van der Waals surface area contributed by atoms with E-state index in [1.54, 1.807) is 0 Å². The lowest BCUT2D eigenvalue weighted by Gasteiger charge is -2.26. The average molecular weight is 275 g/mol. The molecular formula is C16H25N3O. The van der Waals surface area contributed by atoms with Crippen molar-refractivity contribution in [3.05, 3.63) is 22.8 Å². The van der Waals surface area contributed by atoms with Crippen LogP contribution in [0.3, 0.4) is 0 Å². The molecule has 1 aliphatic heterocycles. The van der Waals surface area contributed by atoms with E-state index in [1.165, 1.54) is 30.5 Å². The van der Waals surface area contributed by atoms with Crippen LogP contribution in [0.5, 0.6) is 0 Å². The zero-order valence-corrected chi connectivity index (χ0v) is 12.4. The number of fused-ring (bicyclic) bond motifs is 1. The van der Waals surface area contributed by atoms with E-state index in [9.17, 15) is 0 Å². The second-order valence-electron chi connectivity index (χ2n) is 6.19. The molecular weight excluding hydrogens is 250 g/mol. The van der Waals surface area contributed by atoms with Gasteiger partial charge in [0.15, 0.2) is 0 Å². The Morgan fingerprint density at radius 2 is 2.15 bits per heavy atom. The van der Waals surface area contributed by atoms with E-state index in [0.717, 1.165) is 50.4 Å². The van der Waals surface area contributed by atoms with Crippen molar-refractivity contribution in [2.24, 2.45) is 11.7 Å². The van der Waals surface area contributed by atoms with E-state index in [2.05, 4.69) is 6.92 Å². The molecule has 1 fully saturated rings. The standard InChI is InChI=1S/C16H25N3O/c1-11-14-8-12(10-17)5-6-15(14)19-16(18-11)9-13-4-2-3-7-20-13/h12-13H,2-10,17H2,1H3. The van der Waals surface area contributed by atoms with Crippen molar-refractivity contribution in [1.29, 1.82) is 0 Å². The normalized spacial score (nSPS) is 26.3. The summed E-state index contributed by atoms with van der Waals surface area (Å²) in [5.41, 5.74) is 9.56. The minimum Gasteiger partial charge on any atom is -0.378 e. The summed E-state index contributed by atoms with van der Waals surface area (Å²) in [5.74, 6) is 1.58. The number of ether oxygens (including phenoxy) is 1. The van der Waals surface area contributed by atoms with Crippen molar-refractivity contribution in [2.75, 3.05) is 13.2 Å². The summed E-state index contributed by atoms with van der Waals surface area (Å²) in [6, 6.07) is 0. The molecule has 2 N–H and O–H groups in total. The molecule has 2 unspecified atom stereocenters. The number of nitrogens with two attached hydrogens (primary N) is 1. The van der Waals surface area contributed by atoms with Gasteiger partial charge >= 0.3 is 0 Å². The fourth-order valence-electron chi connectivity index (χ4n) is 3.39. The highest BCUT2D eigenvalue weighted by molar-refractivity contribution is 5.28. The van der Waals surface area contributed by atoms with Crippen LogP contribution in [0.2, 0.25) is 0 Å².